The number of benzene rings is 4. The fourth-order valence-corrected chi connectivity index (χ4v) is 5.26. The van der Waals surface area contributed by atoms with Crippen LogP contribution in [-0.2, 0) is 7.05 Å². The molecule has 0 aliphatic heterocycles. The SMILES string of the molecule is [2H]c1c([2H])c(-c2c(C)ccc3c4ccc([N+]#[C-])c(-c5ccccc5)c4n(-c4ccccc4)c23)[n+](C)c(C)c1C([2H])([2H])[2H]. The number of aryl methyl sites for hydroxylation is 1. The van der Waals surface area contributed by atoms with Gasteiger partial charge in [-0.25, -0.2) is 4.85 Å². The monoisotopic (exact) mass is 483 g/mol. The molecular formula is C34H28N3+. The Morgan fingerprint density at radius 3 is 2.11 bits per heavy atom. The quantitative estimate of drug-likeness (QED) is 0.177. The Bertz CT molecular complexity index is 2040. The molecule has 0 amide bonds. The molecule has 37 heavy (non-hydrogen) atoms. The second-order valence-corrected chi connectivity index (χ2v) is 9.28. The summed E-state index contributed by atoms with van der Waals surface area (Å²) in [5.41, 5.74) is 7.28. The van der Waals surface area contributed by atoms with Crippen LogP contribution < -0.4 is 4.57 Å². The Kier molecular flexibility index (Phi) is 4.19. The Morgan fingerprint density at radius 1 is 0.784 bits per heavy atom. The van der Waals surface area contributed by atoms with Gasteiger partial charge in [0.25, 0.3) is 0 Å². The van der Waals surface area contributed by atoms with Gasteiger partial charge in [0, 0.05) is 44.7 Å². The van der Waals surface area contributed by atoms with Crippen LogP contribution in [0.1, 0.15) is 23.7 Å². The van der Waals surface area contributed by atoms with Gasteiger partial charge >= 0.3 is 0 Å². The minimum absolute atomic E-state index is 0.111. The van der Waals surface area contributed by atoms with E-state index in [4.69, 9.17) is 13.4 Å². The van der Waals surface area contributed by atoms with Gasteiger partial charge in [0.1, 0.15) is 7.05 Å². The normalized spacial score (nSPS) is 13.5. The molecule has 6 aromatic rings. The van der Waals surface area contributed by atoms with Crippen LogP contribution in [0.4, 0.5) is 5.69 Å². The molecule has 0 unspecified atom stereocenters. The Labute approximate surface area is 224 Å². The van der Waals surface area contributed by atoms with Gasteiger partial charge in [-0.15, -0.1) is 0 Å². The van der Waals surface area contributed by atoms with Crippen molar-refractivity contribution in [3.63, 3.8) is 0 Å². The number of rotatable bonds is 3. The van der Waals surface area contributed by atoms with Crippen molar-refractivity contribution in [3.8, 4) is 28.1 Å². The standard InChI is InChI=1S/C34H28N3/c1-22-17-21-30(36(5)24(22)3)31-23(2)16-18-27-28-19-20-29(35-4)32(25-12-8-6-9-13-25)34(28)37(33(27)31)26-14-10-7-11-15-26/h6-21H,1-3,5H3/q+1/i1D3,17D,21D. The van der Waals surface area contributed by atoms with Gasteiger partial charge in [0.15, 0.2) is 11.4 Å². The number of pyridine rings is 1. The smallest absolute Gasteiger partial charge is 0.214 e. The predicted molar refractivity (Wildman–Crippen MR) is 153 cm³/mol. The van der Waals surface area contributed by atoms with Gasteiger partial charge in [-0.3, -0.25) is 0 Å². The van der Waals surface area contributed by atoms with E-state index in [1.165, 1.54) is 0 Å². The van der Waals surface area contributed by atoms with E-state index < -0.39 is 6.85 Å². The first-order valence-electron chi connectivity index (χ1n) is 14.7. The van der Waals surface area contributed by atoms with Crippen LogP contribution >= 0.6 is 0 Å². The molecule has 0 bridgehead atoms. The maximum atomic E-state index is 9.11. The van der Waals surface area contributed by atoms with E-state index in [0.29, 0.717) is 17.1 Å². The molecule has 6 rings (SSSR count). The number of hydrogen-bond acceptors (Lipinski definition) is 0. The number of para-hydroxylation sites is 1. The summed E-state index contributed by atoms with van der Waals surface area (Å²) in [6.07, 6.45) is 0. The van der Waals surface area contributed by atoms with Gasteiger partial charge in [-0.1, -0.05) is 72.8 Å². The number of fused-ring (bicyclic) bond motifs is 3. The van der Waals surface area contributed by atoms with Crippen LogP contribution in [-0.4, -0.2) is 4.57 Å². The highest BCUT2D eigenvalue weighted by Gasteiger charge is 2.26. The lowest BCUT2D eigenvalue weighted by Gasteiger charge is -2.15. The molecule has 0 saturated carbocycles. The van der Waals surface area contributed by atoms with Crippen LogP contribution in [0.3, 0.4) is 0 Å². The minimum Gasteiger partial charge on any atom is -0.309 e. The van der Waals surface area contributed by atoms with E-state index in [-0.39, 0.29) is 17.6 Å². The van der Waals surface area contributed by atoms with Crippen molar-refractivity contribution in [2.45, 2.75) is 20.7 Å². The fourth-order valence-electron chi connectivity index (χ4n) is 5.26. The lowest BCUT2D eigenvalue weighted by molar-refractivity contribution is -0.667. The maximum absolute atomic E-state index is 9.11. The van der Waals surface area contributed by atoms with Crippen molar-refractivity contribution in [1.29, 1.82) is 0 Å². The van der Waals surface area contributed by atoms with E-state index in [1.807, 2.05) is 85.8 Å². The summed E-state index contributed by atoms with van der Waals surface area (Å²) in [5, 5.41) is 1.89. The maximum Gasteiger partial charge on any atom is 0.214 e. The van der Waals surface area contributed by atoms with Crippen molar-refractivity contribution in [3.05, 3.63) is 125 Å². The van der Waals surface area contributed by atoms with Crippen LogP contribution in [0.15, 0.2) is 97.0 Å². The Hall–Kier alpha value is -4.68. The second-order valence-electron chi connectivity index (χ2n) is 9.28. The van der Waals surface area contributed by atoms with Crippen molar-refractivity contribution < 1.29 is 11.4 Å². The molecule has 0 atom stereocenters. The van der Waals surface area contributed by atoms with Gasteiger partial charge < -0.3 is 4.57 Å². The first kappa shape index (κ1) is 17.7. The molecule has 0 radical (unpaired) electrons. The molecule has 0 spiro atoms. The minimum atomic E-state index is -2.52. The fraction of sp³-hybridized carbons (Fsp3) is 0.118. The molecular weight excluding hydrogens is 450 g/mol. The van der Waals surface area contributed by atoms with Gasteiger partial charge in [-0.05, 0) is 43.1 Å². The summed E-state index contributed by atoms with van der Waals surface area (Å²) in [4.78, 5) is 3.91. The van der Waals surface area contributed by atoms with E-state index >= 15 is 0 Å². The topological polar surface area (TPSA) is 13.2 Å². The summed E-state index contributed by atoms with van der Waals surface area (Å²) in [6, 6.07) is 27.3. The molecule has 3 nitrogen and oxygen atoms in total. The van der Waals surface area contributed by atoms with Crippen molar-refractivity contribution in [2.24, 2.45) is 7.05 Å². The van der Waals surface area contributed by atoms with Crippen LogP contribution in [0.2, 0.25) is 0 Å². The van der Waals surface area contributed by atoms with E-state index in [9.17, 15) is 0 Å². The summed E-state index contributed by atoms with van der Waals surface area (Å²) >= 11 is 0. The highest BCUT2D eigenvalue weighted by atomic mass is 15.0. The van der Waals surface area contributed by atoms with E-state index in [2.05, 4.69) is 15.5 Å². The molecule has 0 aliphatic rings. The average Bonchev–Trinajstić information content (AvgIpc) is 3.31. The van der Waals surface area contributed by atoms with Crippen LogP contribution in [0.25, 0.3) is 54.7 Å². The zero-order valence-corrected chi connectivity index (χ0v) is 20.9. The second kappa shape index (κ2) is 8.76. The van der Waals surface area contributed by atoms with Gasteiger partial charge in [-0.2, -0.15) is 4.57 Å². The zero-order valence-electron chi connectivity index (χ0n) is 25.9. The molecule has 2 heterocycles. The summed E-state index contributed by atoms with van der Waals surface area (Å²) in [6.45, 7) is 9.17. The van der Waals surface area contributed by atoms with Crippen molar-refractivity contribution in [2.75, 3.05) is 0 Å². The third kappa shape index (κ3) is 3.45. The summed E-state index contributed by atoms with van der Waals surface area (Å²) in [5.74, 6) is 0. The average molecular weight is 484 g/mol. The molecule has 178 valence electrons. The molecule has 4 aromatic carbocycles. The van der Waals surface area contributed by atoms with Gasteiger partial charge in [0.2, 0.25) is 5.69 Å². The lowest BCUT2D eigenvalue weighted by Crippen LogP contribution is -2.35. The molecule has 3 heteroatoms. The molecule has 0 fully saturated rings. The predicted octanol–water partition coefficient (Wildman–Crippen LogP) is 8.42. The van der Waals surface area contributed by atoms with Crippen LogP contribution in [0, 0.1) is 27.3 Å². The van der Waals surface area contributed by atoms with E-state index in [1.54, 1.807) is 18.5 Å². The molecule has 0 N–H and O–H groups in total. The van der Waals surface area contributed by atoms with Gasteiger partial charge in [0.05, 0.1) is 25.9 Å². The van der Waals surface area contributed by atoms with Crippen molar-refractivity contribution >= 4 is 27.5 Å². The lowest BCUT2D eigenvalue weighted by atomic mass is 9.98. The largest absolute Gasteiger partial charge is 0.309 e. The van der Waals surface area contributed by atoms with Crippen molar-refractivity contribution in [1.82, 2.24) is 4.57 Å². The molecule has 0 aliphatic carbocycles. The first-order valence-corrected chi connectivity index (χ1v) is 12.2. The van der Waals surface area contributed by atoms with Crippen LogP contribution in [0.5, 0.6) is 0 Å². The number of hydrogen-bond donors (Lipinski definition) is 0. The third-order valence-electron chi connectivity index (χ3n) is 7.22. The summed E-state index contributed by atoms with van der Waals surface area (Å²) < 4.78 is 45.9. The molecule has 2 aromatic heterocycles. The first-order chi connectivity index (χ1) is 20.1. The van der Waals surface area contributed by atoms with E-state index in [0.717, 1.165) is 49.7 Å². The number of nitrogens with zero attached hydrogens (tertiary/aromatic N) is 3. The highest BCUT2D eigenvalue weighted by Crippen LogP contribution is 2.45. The third-order valence-corrected chi connectivity index (χ3v) is 7.22. The zero-order chi connectivity index (χ0) is 29.9. The summed E-state index contributed by atoms with van der Waals surface area (Å²) in [7, 11) is 1.76. The highest BCUT2D eigenvalue weighted by molar-refractivity contribution is 6.19. The molecule has 0 saturated heterocycles. The Morgan fingerprint density at radius 2 is 1.43 bits per heavy atom. The Balaban J connectivity index is 1.89. The number of aromatic nitrogens is 2.